The number of carbonyl (C=O) groups excluding carboxylic acids is 1. The van der Waals surface area contributed by atoms with Crippen molar-refractivity contribution in [2.75, 3.05) is 6.61 Å². The maximum Gasteiger partial charge on any atom is 0.403 e. The molecule has 0 saturated heterocycles. The van der Waals surface area contributed by atoms with Crippen LogP contribution in [-0.4, -0.2) is 12.0 Å². The van der Waals surface area contributed by atoms with Crippen molar-refractivity contribution in [3.63, 3.8) is 0 Å². The number of hydrogen-bond donors (Lipinski definition) is 0. The Labute approximate surface area is 79.2 Å². The molecule has 0 aliphatic rings. The summed E-state index contributed by atoms with van der Waals surface area (Å²) in [6.45, 7) is 6.70. The Bertz CT molecular complexity index is 143. The van der Waals surface area contributed by atoms with E-state index in [2.05, 4.69) is 20.8 Å². The molecule has 2 nitrogen and oxygen atoms in total. The molecule has 0 saturated carbocycles. The van der Waals surface area contributed by atoms with Gasteiger partial charge in [-0.1, -0.05) is 33.6 Å². The van der Waals surface area contributed by atoms with Crippen LogP contribution < -0.4 is 0 Å². The molecular weight excluding hydrogens is 176 g/mol. The first kappa shape index (κ1) is 11.8. The fourth-order valence-corrected chi connectivity index (χ4v) is 1.03. The van der Waals surface area contributed by atoms with Gasteiger partial charge in [0.25, 0.3) is 0 Å². The van der Waals surface area contributed by atoms with E-state index < -0.39 is 5.43 Å². The van der Waals surface area contributed by atoms with E-state index in [9.17, 15) is 4.79 Å². The maximum absolute atomic E-state index is 10.3. The van der Waals surface area contributed by atoms with Crippen LogP contribution in [0.15, 0.2) is 0 Å². The third kappa shape index (κ3) is 6.47. The Morgan fingerprint density at radius 1 is 1.50 bits per heavy atom. The summed E-state index contributed by atoms with van der Waals surface area (Å²) in [4.78, 5) is 10.3. The van der Waals surface area contributed by atoms with Crippen LogP contribution >= 0.6 is 11.6 Å². The Hall–Kier alpha value is -0.240. The Balaban J connectivity index is 3.63. The lowest BCUT2D eigenvalue weighted by Crippen LogP contribution is -2.19. The second kappa shape index (κ2) is 5.41. The van der Waals surface area contributed by atoms with Gasteiger partial charge in [0.05, 0.1) is 6.61 Å². The van der Waals surface area contributed by atoms with Crippen molar-refractivity contribution in [1.29, 1.82) is 0 Å². The standard InChI is InChI=1S/C9H17ClO2/c1-4-5-6-9(2,3)7-12-8(10)11/h4-7H2,1-3H3. The minimum absolute atomic E-state index is 0.0561. The fourth-order valence-electron chi connectivity index (χ4n) is 0.980. The van der Waals surface area contributed by atoms with E-state index in [0.29, 0.717) is 6.61 Å². The van der Waals surface area contributed by atoms with Crippen LogP contribution in [0.3, 0.4) is 0 Å². The molecule has 0 amide bonds. The molecule has 0 spiro atoms. The highest BCUT2D eigenvalue weighted by Gasteiger charge is 2.18. The van der Waals surface area contributed by atoms with E-state index in [-0.39, 0.29) is 5.41 Å². The van der Waals surface area contributed by atoms with Gasteiger partial charge in [0, 0.05) is 11.6 Å². The van der Waals surface area contributed by atoms with E-state index >= 15 is 0 Å². The summed E-state index contributed by atoms with van der Waals surface area (Å²) in [6.07, 6.45) is 3.39. The molecule has 12 heavy (non-hydrogen) atoms. The topological polar surface area (TPSA) is 26.3 Å². The van der Waals surface area contributed by atoms with Crippen LogP contribution in [0.2, 0.25) is 0 Å². The lowest BCUT2D eigenvalue weighted by Gasteiger charge is -2.22. The molecule has 0 N–H and O–H groups in total. The van der Waals surface area contributed by atoms with Gasteiger partial charge in [-0.25, -0.2) is 4.79 Å². The molecule has 0 aliphatic heterocycles. The quantitative estimate of drug-likeness (QED) is 0.623. The summed E-state index contributed by atoms with van der Waals surface area (Å²) >= 11 is 5.06. The smallest absolute Gasteiger partial charge is 0.403 e. The number of carbonyl (C=O) groups is 1. The molecule has 0 aromatic heterocycles. The second-order valence-electron chi connectivity index (χ2n) is 3.79. The van der Waals surface area contributed by atoms with Crippen molar-refractivity contribution in [2.24, 2.45) is 5.41 Å². The number of hydrogen-bond acceptors (Lipinski definition) is 2. The van der Waals surface area contributed by atoms with E-state index in [0.717, 1.165) is 19.3 Å². The number of halogens is 1. The molecular formula is C9H17ClO2. The highest BCUT2D eigenvalue weighted by atomic mass is 35.5. The predicted octanol–water partition coefficient (Wildman–Crippen LogP) is 3.58. The van der Waals surface area contributed by atoms with Crippen molar-refractivity contribution in [3.8, 4) is 0 Å². The third-order valence-electron chi connectivity index (χ3n) is 1.78. The molecule has 0 unspecified atom stereocenters. The average molecular weight is 193 g/mol. The van der Waals surface area contributed by atoms with Crippen molar-refractivity contribution in [2.45, 2.75) is 40.0 Å². The van der Waals surface area contributed by atoms with E-state index in [4.69, 9.17) is 16.3 Å². The van der Waals surface area contributed by atoms with Gasteiger partial charge in [-0.3, -0.25) is 0 Å². The Morgan fingerprint density at radius 2 is 2.08 bits per heavy atom. The zero-order valence-electron chi connectivity index (χ0n) is 8.02. The van der Waals surface area contributed by atoms with Gasteiger partial charge in [-0.2, -0.15) is 0 Å². The largest absolute Gasteiger partial charge is 0.453 e. The van der Waals surface area contributed by atoms with Gasteiger partial charge in [0.15, 0.2) is 0 Å². The van der Waals surface area contributed by atoms with Gasteiger partial charge in [-0.15, -0.1) is 0 Å². The summed E-state index contributed by atoms with van der Waals surface area (Å²) in [5.41, 5.74) is -0.653. The van der Waals surface area contributed by atoms with Crippen molar-refractivity contribution < 1.29 is 9.53 Å². The van der Waals surface area contributed by atoms with E-state index in [1.807, 2.05) is 0 Å². The summed E-state index contributed by atoms with van der Waals surface area (Å²) in [5, 5.41) is 0. The van der Waals surface area contributed by atoms with Crippen LogP contribution in [0.25, 0.3) is 0 Å². The highest BCUT2D eigenvalue weighted by Crippen LogP contribution is 2.23. The van der Waals surface area contributed by atoms with Crippen molar-refractivity contribution in [3.05, 3.63) is 0 Å². The molecule has 0 atom stereocenters. The lowest BCUT2D eigenvalue weighted by atomic mass is 9.88. The molecule has 0 heterocycles. The molecule has 3 heteroatoms. The predicted molar refractivity (Wildman–Crippen MR) is 50.5 cm³/mol. The SMILES string of the molecule is CCCCC(C)(C)COC(=O)Cl. The van der Waals surface area contributed by atoms with Crippen LogP contribution in [0.4, 0.5) is 4.79 Å². The van der Waals surface area contributed by atoms with Gasteiger partial charge in [-0.05, 0) is 11.8 Å². The van der Waals surface area contributed by atoms with Crippen molar-refractivity contribution in [1.82, 2.24) is 0 Å². The number of ether oxygens (including phenoxy) is 1. The molecule has 0 rings (SSSR count). The van der Waals surface area contributed by atoms with E-state index in [1.54, 1.807) is 0 Å². The Morgan fingerprint density at radius 3 is 2.50 bits per heavy atom. The van der Waals surface area contributed by atoms with Crippen LogP contribution in [0.5, 0.6) is 0 Å². The molecule has 0 aromatic rings. The summed E-state index contributed by atoms with van der Waals surface area (Å²) in [5.74, 6) is 0. The van der Waals surface area contributed by atoms with Gasteiger partial charge < -0.3 is 4.74 Å². The van der Waals surface area contributed by atoms with Gasteiger partial charge >= 0.3 is 5.43 Å². The molecule has 0 fully saturated rings. The summed E-state index contributed by atoms with van der Waals surface area (Å²) in [7, 11) is 0. The van der Waals surface area contributed by atoms with E-state index in [1.165, 1.54) is 0 Å². The van der Waals surface area contributed by atoms with Crippen LogP contribution in [0, 0.1) is 5.41 Å². The number of rotatable bonds is 5. The Kier molecular flexibility index (Phi) is 5.31. The van der Waals surface area contributed by atoms with Crippen molar-refractivity contribution >= 4 is 17.0 Å². The maximum atomic E-state index is 10.3. The minimum Gasteiger partial charge on any atom is -0.453 e. The normalized spacial score (nSPS) is 11.3. The zero-order chi connectivity index (χ0) is 9.61. The molecule has 0 bridgehead atoms. The zero-order valence-corrected chi connectivity index (χ0v) is 8.78. The van der Waals surface area contributed by atoms with Gasteiger partial charge in [0.1, 0.15) is 0 Å². The minimum atomic E-state index is -0.709. The molecule has 0 aromatic carbocycles. The van der Waals surface area contributed by atoms with Crippen LogP contribution in [0.1, 0.15) is 40.0 Å². The lowest BCUT2D eigenvalue weighted by molar-refractivity contribution is 0.113. The third-order valence-corrected chi connectivity index (χ3v) is 1.89. The molecule has 72 valence electrons. The number of unbranched alkanes of at least 4 members (excludes halogenated alkanes) is 1. The first-order valence-corrected chi connectivity index (χ1v) is 4.68. The summed E-state index contributed by atoms with van der Waals surface area (Å²) < 4.78 is 4.73. The highest BCUT2D eigenvalue weighted by molar-refractivity contribution is 6.61. The molecule has 0 aliphatic carbocycles. The van der Waals surface area contributed by atoms with Crippen LogP contribution in [-0.2, 0) is 4.74 Å². The summed E-state index contributed by atoms with van der Waals surface area (Å²) in [6, 6.07) is 0. The second-order valence-corrected chi connectivity index (χ2v) is 4.10. The monoisotopic (exact) mass is 192 g/mol. The first-order chi connectivity index (χ1) is 5.48. The average Bonchev–Trinajstić information content (AvgIpc) is 1.98. The first-order valence-electron chi connectivity index (χ1n) is 4.30. The fraction of sp³-hybridized carbons (Fsp3) is 0.889. The molecule has 0 radical (unpaired) electrons. The van der Waals surface area contributed by atoms with Gasteiger partial charge in [0.2, 0.25) is 0 Å².